The molecule has 198 valence electrons. The zero-order valence-corrected chi connectivity index (χ0v) is 20.9. The van der Waals surface area contributed by atoms with Crippen molar-refractivity contribution in [3.63, 3.8) is 0 Å². The number of carbonyl (C=O) groups is 3. The van der Waals surface area contributed by atoms with Crippen molar-refractivity contribution >= 4 is 29.1 Å². The largest absolute Gasteiger partial charge is 0.418 e. The molecule has 1 N–H and O–H groups in total. The van der Waals surface area contributed by atoms with Gasteiger partial charge in [-0.3, -0.25) is 14.4 Å². The number of para-hydroxylation sites is 2. The molecule has 0 unspecified atom stereocenters. The Labute approximate surface area is 227 Å². The van der Waals surface area contributed by atoms with Gasteiger partial charge in [-0.1, -0.05) is 72.8 Å². The third kappa shape index (κ3) is 3.38. The van der Waals surface area contributed by atoms with Gasteiger partial charge < -0.3 is 5.32 Å². The molecule has 0 aromatic heterocycles. The summed E-state index contributed by atoms with van der Waals surface area (Å²) >= 11 is 0. The van der Waals surface area contributed by atoms with Crippen molar-refractivity contribution in [2.24, 2.45) is 11.8 Å². The zero-order valence-electron chi connectivity index (χ0n) is 20.9. The van der Waals surface area contributed by atoms with Crippen LogP contribution in [-0.2, 0) is 15.8 Å². The maximum absolute atomic E-state index is 14.1. The third-order valence-electron chi connectivity index (χ3n) is 8.32. The van der Waals surface area contributed by atoms with Crippen molar-refractivity contribution in [3.8, 4) is 0 Å². The number of anilines is 2. The molecule has 2 atom stereocenters. The molecule has 0 radical (unpaired) electrons. The molecule has 5 nitrogen and oxygen atoms in total. The first-order valence-corrected chi connectivity index (χ1v) is 12.9. The van der Waals surface area contributed by atoms with Gasteiger partial charge in [0.05, 0.1) is 34.3 Å². The number of benzene rings is 4. The number of amides is 3. The van der Waals surface area contributed by atoms with E-state index in [2.05, 4.69) is 5.32 Å². The van der Waals surface area contributed by atoms with Gasteiger partial charge in [-0.15, -0.1) is 0 Å². The summed E-state index contributed by atoms with van der Waals surface area (Å²) in [6.45, 7) is 0. The molecule has 0 saturated carbocycles. The van der Waals surface area contributed by atoms with Crippen LogP contribution in [0.2, 0.25) is 0 Å². The van der Waals surface area contributed by atoms with Crippen LogP contribution in [0, 0.1) is 11.8 Å². The number of alkyl halides is 3. The number of nitrogens with zero attached hydrogens (tertiary/aromatic N) is 1. The number of rotatable bonds is 3. The molecule has 1 heterocycles. The average molecular weight is 539 g/mol. The topological polar surface area (TPSA) is 66.5 Å². The fraction of sp³-hybridized carbons (Fsp3) is 0.156. The lowest BCUT2D eigenvalue weighted by Crippen LogP contribution is -2.41. The minimum atomic E-state index is -4.68. The Morgan fingerprint density at radius 2 is 1.10 bits per heavy atom. The van der Waals surface area contributed by atoms with Gasteiger partial charge in [-0.2, -0.15) is 13.2 Å². The summed E-state index contributed by atoms with van der Waals surface area (Å²) < 4.78 is 40.7. The van der Waals surface area contributed by atoms with Gasteiger partial charge in [-0.25, -0.2) is 4.90 Å². The van der Waals surface area contributed by atoms with Crippen molar-refractivity contribution in [1.29, 1.82) is 0 Å². The van der Waals surface area contributed by atoms with E-state index in [0.717, 1.165) is 39.3 Å². The van der Waals surface area contributed by atoms with E-state index in [1.807, 2.05) is 48.5 Å². The van der Waals surface area contributed by atoms with E-state index < -0.39 is 47.0 Å². The van der Waals surface area contributed by atoms with Gasteiger partial charge in [-0.05, 0) is 46.5 Å². The van der Waals surface area contributed by atoms with Gasteiger partial charge in [0, 0.05) is 11.8 Å². The lowest BCUT2D eigenvalue weighted by Gasteiger charge is -2.45. The van der Waals surface area contributed by atoms with Crippen LogP contribution in [0.1, 0.15) is 50.0 Å². The Bertz CT molecular complexity index is 1620. The standard InChI is InChI=1S/C32H21F3N2O3/c33-32(34,35)22-14-6-7-15-23(22)36-29(38)21-13-5-8-16-24(21)37-30(39)27-25-17-9-1-2-10-18(17)26(28(27)31(37)40)20-12-4-3-11-19(20)25/h1-16,25-28H,(H,36,38)/t25?,26?,27-,28-/m1/s1. The second kappa shape index (κ2) is 8.64. The van der Waals surface area contributed by atoms with Crippen molar-refractivity contribution in [1.82, 2.24) is 0 Å². The summed E-state index contributed by atoms with van der Waals surface area (Å²) in [5.74, 6) is -3.60. The third-order valence-corrected chi connectivity index (χ3v) is 8.32. The predicted molar refractivity (Wildman–Crippen MR) is 142 cm³/mol. The summed E-state index contributed by atoms with van der Waals surface area (Å²) in [5.41, 5.74) is 2.66. The monoisotopic (exact) mass is 538 g/mol. The normalized spacial score (nSPS) is 22.5. The molecule has 8 heteroatoms. The zero-order chi connectivity index (χ0) is 27.8. The first-order valence-electron chi connectivity index (χ1n) is 12.9. The van der Waals surface area contributed by atoms with E-state index in [-0.39, 0.29) is 23.1 Å². The SMILES string of the molecule is O=C(Nc1ccccc1C(F)(F)F)c1ccccc1N1C(=O)[C@@H]2C3c4ccccc4C(c4ccccc43)[C@H]2C1=O. The van der Waals surface area contributed by atoms with Crippen molar-refractivity contribution in [3.05, 3.63) is 130 Å². The van der Waals surface area contributed by atoms with E-state index in [4.69, 9.17) is 0 Å². The summed E-state index contributed by atoms with van der Waals surface area (Å²) in [6, 6.07) is 26.4. The Kier molecular flexibility index (Phi) is 5.26. The number of nitrogens with one attached hydrogen (secondary N) is 1. The average Bonchev–Trinajstić information content (AvgIpc) is 3.22. The summed E-state index contributed by atoms with van der Waals surface area (Å²) in [6.07, 6.45) is -4.68. The highest BCUT2D eigenvalue weighted by molar-refractivity contribution is 6.26. The van der Waals surface area contributed by atoms with Crippen LogP contribution in [0.3, 0.4) is 0 Å². The Morgan fingerprint density at radius 3 is 1.62 bits per heavy atom. The molecule has 3 aliphatic carbocycles. The van der Waals surface area contributed by atoms with Crippen LogP contribution < -0.4 is 10.2 Å². The lowest BCUT2D eigenvalue weighted by molar-refractivity contribution is -0.137. The number of carbonyl (C=O) groups excluding carboxylic acids is 3. The Morgan fingerprint density at radius 1 is 0.650 bits per heavy atom. The summed E-state index contributed by atoms with van der Waals surface area (Å²) in [4.78, 5) is 42.6. The second-order valence-electron chi connectivity index (χ2n) is 10.3. The van der Waals surface area contributed by atoms with Gasteiger partial charge in [0.1, 0.15) is 0 Å². The minimum Gasteiger partial charge on any atom is -0.321 e. The minimum absolute atomic E-state index is 0.0569. The number of halogens is 3. The maximum atomic E-state index is 14.1. The molecule has 40 heavy (non-hydrogen) atoms. The molecule has 1 saturated heterocycles. The molecule has 2 bridgehead atoms. The molecule has 4 aliphatic rings. The van der Waals surface area contributed by atoms with Gasteiger partial charge in [0.25, 0.3) is 5.91 Å². The number of hydrogen-bond acceptors (Lipinski definition) is 3. The summed E-state index contributed by atoms with van der Waals surface area (Å²) in [7, 11) is 0. The van der Waals surface area contributed by atoms with Crippen LogP contribution in [0.15, 0.2) is 97.1 Å². The first kappa shape index (κ1) is 24.3. The van der Waals surface area contributed by atoms with Crippen molar-refractivity contribution < 1.29 is 27.6 Å². The first-order chi connectivity index (χ1) is 19.3. The van der Waals surface area contributed by atoms with E-state index in [1.54, 1.807) is 12.1 Å². The maximum Gasteiger partial charge on any atom is 0.418 e. The number of hydrogen-bond donors (Lipinski definition) is 1. The molecular formula is C32H21F3N2O3. The highest BCUT2D eigenvalue weighted by atomic mass is 19.4. The summed E-state index contributed by atoms with van der Waals surface area (Å²) in [5, 5.41) is 2.34. The molecule has 4 aromatic carbocycles. The molecule has 3 amide bonds. The van der Waals surface area contributed by atoms with Gasteiger partial charge >= 0.3 is 6.18 Å². The van der Waals surface area contributed by atoms with Crippen LogP contribution in [0.5, 0.6) is 0 Å². The molecule has 8 rings (SSSR count). The van der Waals surface area contributed by atoms with E-state index in [9.17, 15) is 27.6 Å². The fourth-order valence-corrected chi connectivity index (χ4v) is 6.80. The predicted octanol–water partition coefficient (Wildman–Crippen LogP) is 6.35. The van der Waals surface area contributed by atoms with E-state index >= 15 is 0 Å². The molecule has 0 spiro atoms. The van der Waals surface area contributed by atoms with E-state index in [0.29, 0.717) is 0 Å². The van der Waals surface area contributed by atoms with Crippen molar-refractivity contribution in [2.45, 2.75) is 18.0 Å². The van der Waals surface area contributed by atoms with Crippen LogP contribution in [0.4, 0.5) is 24.5 Å². The lowest BCUT2D eigenvalue weighted by atomic mass is 9.55. The van der Waals surface area contributed by atoms with Crippen LogP contribution in [-0.4, -0.2) is 17.7 Å². The van der Waals surface area contributed by atoms with Crippen LogP contribution in [0.25, 0.3) is 0 Å². The molecule has 1 fully saturated rings. The van der Waals surface area contributed by atoms with Crippen LogP contribution >= 0.6 is 0 Å². The van der Waals surface area contributed by atoms with E-state index in [1.165, 1.54) is 24.3 Å². The van der Waals surface area contributed by atoms with Gasteiger partial charge in [0.15, 0.2) is 0 Å². The van der Waals surface area contributed by atoms with Crippen molar-refractivity contribution in [2.75, 3.05) is 10.2 Å². The highest BCUT2D eigenvalue weighted by Gasteiger charge is 2.62. The molecular weight excluding hydrogens is 517 g/mol. The second-order valence-corrected chi connectivity index (χ2v) is 10.3. The van der Waals surface area contributed by atoms with Gasteiger partial charge in [0.2, 0.25) is 11.8 Å². The molecule has 1 aliphatic heterocycles. The fourth-order valence-electron chi connectivity index (χ4n) is 6.80. The Balaban J connectivity index is 1.30. The number of imide groups is 1. The quantitative estimate of drug-likeness (QED) is 0.309. The highest BCUT2D eigenvalue weighted by Crippen LogP contribution is 2.61. The Hall–Kier alpha value is -4.72. The molecule has 4 aromatic rings. The smallest absolute Gasteiger partial charge is 0.321 e.